The molecule has 2 aliphatic rings. The predicted octanol–water partition coefficient (Wildman–Crippen LogP) is 12.8. The highest BCUT2D eigenvalue weighted by molar-refractivity contribution is 5.55. The summed E-state index contributed by atoms with van der Waals surface area (Å²) in [5.41, 5.74) is 4.14. The summed E-state index contributed by atoms with van der Waals surface area (Å²) in [6.07, 6.45) is 33.4. The van der Waals surface area contributed by atoms with Crippen LogP contribution in [-0.2, 0) is 12.8 Å². The lowest BCUT2D eigenvalue weighted by Crippen LogP contribution is -2.15. The highest BCUT2D eigenvalue weighted by Gasteiger charge is 2.22. The monoisotopic (exact) mass is 694 g/mol. The predicted molar refractivity (Wildman–Crippen MR) is 206 cm³/mol. The minimum absolute atomic E-state index is 0.231. The van der Waals surface area contributed by atoms with Crippen molar-refractivity contribution < 1.29 is 8.78 Å². The van der Waals surface area contributed by atoms with Crippen LogP contribution in [0.1, 0.15) is 134 Å². The van der Waals surface area contributed by atoms with Gasteiger partial charge >= 0.3 is 0 Å². The maximum Gasteiger partial charge on any atom is 0.159 e. The largest absolute Gasteiger partial charge is 0.236 e. The Morgan fingerprint density at radius 2 is 0.784 bits per heavy atom. The van der Waals surface area contributed by atoms with E-state index >= 15 is 0 Å². The van der Waals surface area contributed by atoms with Crippen LogP contribution in [0.15, 0.2) is 73.3 Å². The van der Waals surface area contributed by atoms with Gasteiger partial charge in [0.25, 0.3) is 0 Å². The Bertz CT molecular complexity index is 1510. The van der Waals surface area contributed by atoms with Crippen LogP contribution in [0.2, 0.25) is 0 Å². The quantitative estimate of drug-likeness (QED) is 0.116. The summed E-state index contributed by atoms with van der Waals surface area (Å²) in [7, 11) is 0. The van der Waals surface area contributed by atoms with Gasteiger partial charge in [0.05, 0.1) is 0 Å². The molecule has 51 heavy (non-hydrogen) atoms. The van der Waals surface area contributed by atoms with Crippen LogP contribution in [-0.4, -0.2) is 19.9 Å². The zero-order chi connectivity index (χ0) is 35.7. The Kier molecular flexibility index (Phi) is 16.0. The van der Waals surface area contributed by atoms with Gasteiger partial charge in [0.15, 0.2) is 11.6 Å². The van der Waals surface area contributed by atoms with Crippen LogP contribution < -0.4 is 0 Å². The molecule has 0 aliphatic heterocycles. The standard InChI is InChI=1S/C23H31FN2.C22H29FN2/c1-2-3-4-5-18-6-8-19(9-7-18)10-11-20-16-25-23(26-17-20)21-12-14-22(24)15-13-21;1-2-3-4-17-5-7-18(8-6-17)9-10-19-15-24-22(25-16-19)20-11-13-21(23)14-12-20/h12-19H,2-11H2,1H3;11-18H,2-10H2,1H3. The SMILES string of the molecule is CCCCC1CCC(CCc2cnc(-c3ccc(F)cc3)nc2)CC1.CCCCCC1CCC(CCc2cnc(-c3ccc(F)cc3)nc2)CC1. The maximum absolute atomic E-state index is 13.0. The molecule has 2 aromatic heterocycles. The van der Waals surface area contributed by atoms with Gasteiger partial charge in [-0.25, -0.2) is 28.7 Å². The first kappa shape index (κ1) is 38.7. The maximum atomic E-state index is 13.0. The molecule has 0 N–H and O–H groups in total. The van der Waals surface area contributed by atoms with Gasteiger partial charge in [-0.1, -0.05) is 110 Å². The number of unbranched alkanes of at least 4 members (excludes halogenated alkanes) is 3. The van der Waals surface area contributed by atoms with E-state index in [2.05, 4.69) is 33.8 Å². The molecule has 0 radical (unpaired) electrons. The number of rotatable bonds is 15. The lowest BCUT2D eigenvalue weighted by Gasteiger charge is -2.28. The summed E-state index contributed by atoms with van der Waals surface area (Å²) in [6, 6.07) is 12.7. The van der Waals surface area contributed by atoms with Crippen molar-refractivity contribution in [1.29, 1.82) is 0 Å². The molecule has 2 fully saturated rings. The first-order valence-electron chi connectivity index (χ1n) is 20.1. The molecule has 2 aliphatic carbocycles. The second-order valence-corrected chi connectivity index (χ2v) is 15.3. The van der Waals surface area contributed by atoms with Crippen LogP contribution in [0.3, 0.4) is 0 Å². The summed E-state index contributed by atoms with van der Waals surface area (Å²) in [5.74, 6) is 4.58. The van der Waals surface area contributed by atoms with Gasteiger partial charge in [0, 0.05) is 35.9 Å². The Morgan fingerprint density at radius 3 is 1.14 bits per heavy atom. The van der Waals surface area contributed by atoms with E-state index in [0.29, 0.717) is 11.6 Å². The Hall–Kier alpha value is -3.54. The topological polar surface area (TPSA) is 51.6 Å². The summed E-state index contributed by atoms with van der Waals surface area (Å²) in [6.45, 7) is 4.57. The fourth-order valence-corrected chi connectivity index (χ4v) is 8.00. The second kappa shape index (κ2) is 21.1. The summed E-state index contributed by atoms with van der Waals surface area (Å²) < 4.78 is 26.0. The van der Waals surface area contributed by atoms with Gasteiger partial charge in [-0.15, -0.1) is 0 Å². The lowest BCUT2D eigenvalue weighted by atomic mass is 9.78. The number of aromatic nitrogens is 4. The van der Waals surface area contributed by atoms with Crippen LogP contribution in [0.5, 0.6) is 0 Å². The van der Waals surface area contributed by atoms with Crippen molar-refractivity contribution in [3.05, 3.63) is 96.1 Å². The van der Waals surface area contributed by atoms with E-state index in [0.717, 1.165) is 47.6 Å². The molecule has 0 amide bonds. The fourth-order valence-electron chi connectivity index (χ4n) is 8.00. The van der Waals surface area contributed by atoms with Gasteiger partial charge in [-0.2, -0.15) is 0 Å². The van der Waals surface area contributed by atoms with E-state index in [9.17, 15) is 8.78 Å². The number of aryl methyl sites for hydroxylation is 2. The molecule has 0 spiro atoms. The molecular weight excluding hydrogens is 635 g/mol. The molecule has 274 valence electrons. The first-order valence-corrected chi connectivity index (χ1v) is 20.1. The molecule has 4 nitrogen and oxygen atoms in total. The number of hydrogen-bond donors (Lipinski definition) is 0. The van der Waals surface area contributed by atoms with Crippen molar-refractivity contribution in [1.82, 2.24) is 19.9 Å². The summed E-state index contributed by atoms with van der Waals surface area (Å²) in [4.78, 5) is 17.8. The summed E-state index contributed by atoms with van der Waals surface area (Å²) in [5, 5.41) is 0. The average Bonchev–Trinajstić information content (AvgIpc) is 3.18. The van der Waals surface area contributed by atoms with Crippen molar-refractivity contribution in [3.63, 3.8) is 0 Å². The molecule has 0 bridgehead atoms. The molecule has 6 rings (SSSR count). The lowest BCUT2D eigenvalue weighted by molar-refractivity contribution is 0.249. The van der Waals surface area contributed by atoms with Gasteiger partial charge in [0.2, 0.25) is 0 Å². The number of hydrogen-bond acceptors (Lipinski definition) is 4. The zero-order valence-corrected chi connectivity index (χ0v) is 31.2. The molecule has 6 heteroatoms. The molecule has 2 heterocycles. The van der Waals surface area contributed by atoms with Gasteiger partial charge in [-0.3, -0.25) is 0 Å². The van der Waals surface area contributed by atoms with E-state index in [-0.39, 0.29) is 11.6 Å². The van der Waals surface area contributed by atoms with Gasteiger partial charge in [-0.05, 0) is 109 Å². The summed E-state index contributed by atoms with van der Waals surface area (Å²) >= 11 is 0. The molecule has 4 aromatic rings. The van der Waals surface area contributed by atoms with E-state index in [1.54, 1.807) is 24.3 Å². The van der Waals surface area contributed by atoms with Crippen molar-refractivity contribution in [3.8, 4) is 22.8 Å². The molecule has 0 unspecified atom stereocenters. The van der Waals surface area contributed by atoms with Crippen molar-refractivity contribution in [2.45, 2.75) is 136 Å². The van der Waals surface area contributed by atoms with Crippen molar-refractivity contribution in [2.24, 2.45) is 23.7 Å². The van der Waals surface area contributed by atoms with Gasteiger partial charge in [0.1, 0.15) is 11.6 Å². The molecule has 2 saturated carbocycles. The third-order valence-corrected chi connectivity index (χ3v) is 11.4. The Labute approximate surface area is 306 Å². The molecule has 0 atom stereocenters. The smallest absolute Gasteiger partial charge is 0.159 e. The number of benzene rings is 2. The van der Waals surface area contributed by atoms with Crippen LogP contribution in [0.4, 0.5) is 8.78 Å². The van der Waals surface area contributed by atoms with E-state index in [4.69, 9.17) is 0 Å². The Balaban J connectivity index is 0.000000198. The first-order chi connectivity index (χ1) is 25.0. The van der Waals surface area contributed by atoms with Crippen LogP contribution in [0, 0.1) is 35.3 Å². The molecule has 0 saturated heterocycles. The molecular formula is C45H60F2N4. The minimum Gasteiger partial charge on any atom is -0.236 e. The fraction of sp³-hybridized carbons (Fsp3) is 0.556. The Morgan fingerprint density at radius 1 is 0.451 bits per heavy atom. The van der Waals surface area contributed by atoms with E-state index in [1.807, 2.05) is 24.8 Å². The third kappa shape index (κ3) is 13.2. The molecule has 2 aromatic carbocycles. The van der Waals surface area contributed by atoms with E-state index < -0.39 is 0 Å². The normalized spacial score (nSPS) is 20.4. The highest BCUT2D eigenvalue weighted by Crippen LogP contribution is 2.35. The van der Waals surface area contributed by atoms with Crippen molar-refractivity contribution in [2.75, 3.05) is 0 Å². The second-order valence-electron chi connectivity index (χ2n) is 15.3. The highest BCUT2D eigenvalue weighted by atomic mass is 19.1. The van der Waals surface area contributed by atoms with Gasteiger partial charge < -0.3 is 0 Å². The van der Waals surface area contributed by atoms with Crippen molar-refractivity contribution >= 4 is 0 Å². The number of halogens is 2. The number of nitrogens with zero attached hydrogens (tertiary/aromatic N) is 4. The minimum atomic E-state index is -0.232. The van der Waals surface area contributed by atoms with E-state index in [1.165, 1.54) is 145 Å². The van der Waals surface area contributed by atoms with Crippen LogP contribution in [0.25, 0.3) is 22.8 Å². The third-order valence-electron chi connectivity index (χ3n) is 11.4. The zero-order valence-electron chi connectivity index (χ0n) is 31.2. The van der Waals surface area contributed by atoms with Crippen LogP contribution >= 0.6 is 0 Å². The average molecular weight is 695 g/mol.